The Morgan fingerprint density at radius 1 is 0.867 bits per heavy atom. The lowest BCUT2D eigenvalue weighted by atomic mass is 9.97. The summed E-state index contributed by atoms with van der Waals surface area (Å²) in [6, 6.07) is 6.27. The molecule has 2 rings (SSSR count). The van der Waals surface area contributed by atoms with Crippen molar-refractivity contribution in [3.05, 3.63) is 34.9 Å². The minimum atomic E-state index is 1.02. The number of rotatable bonds is 0. The molecular formula is C13H14S2. The molecule has 0 aliphatic rings. The van der Waals surface area contributed by atoms with Crippen LogP contribution in [-0.4, -0.2) is 0 Å². The highest BCUT2D eigenvalue weighted by atomic mass is 32.1. The molecular weight excluding hydrogens is 220 g/mol. The van der Waals surface area contributed by atoms with Gasteiger partial charge >= 0.3 is 0 Å². The van der Waals surface area contributed by atoms with Gasteiger partial charge in [-0.05, 0) is 60.4 Å². The number of thiol groups is 2. The molecule has 15 heavy (non-hydrogen) atoms. The minimum Gasteiger partial charge on any atom is -0.143 e. The van der Waals surface area contributed by atoms with Crippen LogP contribution in [0.4, 0.5) is 0 Å². The SMILES string of the molecule is Cc1c(S)cc2c(S)ccc(C)c2c1C. The van der Waals surface area contributed by atoms with Gasteiger partial charge in [0, 0.05) is 9.79 Å². The van der Waals surface area contributed by atoms with Gasteiger partial charge in [0.1, 0.15) is 0 Å². The van der Waals surface area contributed by atoms with Crippen molar-refractivity contribution in [3.63, 3.8) is 0 Å². The number of aryl methyl sites for hydroxylation is 2. The Kier molecular flexibility index (Phi) is 2.73. The summed E-state index contributed by atoms with van der Waals surface area (Å²) in [4.78, 5) is 2.06. The van der Waals surface area contributed by atoms with Crippen LogP contribution in [0.1, 0.15) is 16.7 Å². The van der Waals surface area contributed by atoms with E-state index in [-0.39, 0.29) is 0 Å². The summed E-state index contributed by atoms with van der Waals surface area (Å²) >= 11 is 8.98. The highest BCUT2D eigenvalue weighted by Crippen LogP contribution is 2.32. The van der Waals surface area contributed by atoms with E-state index in [9.17, 15) is 0 Å². The summed E-state index contributed by atoms with van der Waals surface area (Å²) in [5.41, 5.74) is 3.87. The molecule has 0 unspecified atom stereocenters. The quantitative estimate of drug-likeness (QED) is 0.622. The normalized spacial score (nSPS) is 11.0. The Morgan fingerprint density at radius 2 is 1.53 bits per heavy atom. The second kappa shape index (κ2) is 3.76. The van der Waals surface area contributed by atoms with Crippen LogP contribution >= 0.6 is 25.3 Å². The monoisotopic (exact) mass is 234 g/mol. The largest absolute Gasteiger partial charge is 0.143 e. The van der Waals surface area contributed by atoms with E-state index in [1.807, 2.05) is 6.07 Å². The molecule has 0 aromatic heterocycles. The molecule has 2 aromatic rings. The van der Waals surface area contributed by atoms with E-state index in [0.717, 1.165) is 9.79 Å². The smallest absolute Gasteiger partial charge is 0.0119 e. The molecule has 0 spiro atoms. The second-order valence-electron chi connectivity index (χ2n) is 3.97. The van der Waals surface area contributed by atoms with Gasteiger partial charge in [0.25, 0.3) is 0 Å². The first kappa shape index (κ1) is 10.9. The Labute approximate surface area is 102 Å². The predicted molar refractivity (Wildman–Crippen MR) is 72.7 cm³/mol. The van der Waals surface area contributed by atoms with E-state index in [2.05, 4.69) is 58.2 Å². The van der Waals surface area contributed by atoms with Gasteiger partial charge in [-0.2, -0.15) is 0 Å². The van der Waals surface area contributed by atoms with Gasteiger partial charge in [0.15, 0.2) is 0 Å². The van der Waals surface area contributed by atoms with Gasteiger partial charge in [0.2, 0.25) is 0 Å². The molecule has 0 amide bonds. The average molecular weight is 234 g/mol. The fourth-order valence-electron chi connectivity index (χ4n) is 1.99. The molecule has 2 heteroatoms. The molecule has 0 nitrogen and oxygen atoms in total. The molecule has 78 valence electrons. The van der Waals surface area contributed by atoms with Gasteiger partial charge in [-0.15, -0.1) is 25.3 Å². The Bertz CT molecular complexity index is 542. The summed E-state index contributed by atoms with van der Waals surface area (Å²) in [6.45, 7) is 6.40. The fraction of sp³-hybridized carbons (Fsp3) is 0.231. The number of fused-ring (bicyclic) bond motifs is 1. The zero-order chi connectivity index (χ0) is 11.2. The number of hydrogen-bond acceptors (Lipinski definition) is 2. The van der Waals surface area contributed by atoms with Crippen molar-refractivity contribution in [2.45, 2.75) is 30.6 Å². The van der Waals surface area contributed by atoms with E-state index in [1.54, 1.807) is 0 Å². The van der Waals surface area contributed by atoms with Crippen LogP contribution in [0.5, 0.6) is 0 Å². The molecule has 0 aliphatic heterocycles. The maximum atomic E-state index is 4.49. The highest BCUT2D eigenvalue weighted by Gasteiger charge is 2.08. The third kappa shape index (κ3) is 1.66. The van der Waals surface area contributed by atoms with Gasteiger partial charge in [-0.25, -0.2) is 0 Å². The van der Waals surface area contributed by atoms with E-state index >= 15 is 0 Å². The van der Waals surface area contributed by atoms with Crippen molar-refractivity contribution < 1.29 is 0 Å². The molecule has 0 radical (unpaired) electrons. The molecule has 0 saturated heterocycles. The standard InChI is InChI=1S/C13H14S2/c1-7-4-5-11(14)10-6-12(15)8(2)9(3)13(7)10/h4-6,14-15H,1-3H3. The lowest BCUT2D eigenvalue weighted by Crippen LogP contribution is -1.90. The van der Waals surface area contributed by atoms with E-state index in [1.165, 1.54) is 27.5 Å². The highest BCUT2D eigenvalue weighted by molar-refractivity contribution is 7.80. The summed E-state index contributed by atoms with van der Waals surface area (Å²) in [7, 11) is 0. The van der Waals surface area contributed by atoms with Gasteiger partial charge in [-0.3, -0.25) is 0 Å². The topological polar surface area (TPSA) is 0 Å². The Balaban J connectivity index is 3.04. The van der Waals surface area contributed by atoms with Crippen molar-refractivity contribution in [3.8, 4) is 0 Å². The van der Waals surface area contributed by atoms with Crippen molar-refractivity contribution in [1.82, 2.24) is 0 Å². The molecule has 2 aromatic carbocycles. The maximum absolute atomic E-state index is 4.49. The predicted octanol–water partition coefficient (Wildman–Crippen LogP) is 4.34. The number of benzene rings is 2. The third-order valence-electron chi connectivity index (χ3n) is 3.03. The zero-order valence-electron chi connectivity index (χ0n) is 9.13. The molecule has 0 bridgehead atoms. The first-order chi connectivity index (χ1) is 7.02. The first-order valence-corrected chi connectivity index (χ1v) is 5.83. The fourth-order valence-corrected chi connectivity index (χ4v) is 2.53. The molecule has 0 saturated carbocycles. The summed E-state index contributed by atoms with van der Waals surface area (Å²) in [5, 5.41) is 2.52. The first-order valence-electron chi connectivity index (χ1n) is 4.94. The van der Waals surface area contributed by atoms with Crippen LogP contribution in [0.25, 0.3) is 10.8 Å². The summed E-state index contributed by atoms with van der Waals surface area (Å²) < 4.78 is 0. The second-order valence-corrected chi connectivity index (χ2v) is 4.93. The Hall–Kier alpha value is -0.600. The van der Waals surface area contributed by atoms with Crippen LogP contribution in [0, 0.1) is 20.8 Å². The van der Waals surface area contributed by atoms with Crippen LogP contribution in [0.2, 0.25) is 0 Å². The van der Waals surface area contributed by atoms with Crippen LogP contribution in [0.3, 0.4) is 0 Å². The van der Waals surface area contributed by atoms with Crippen LogP contribution < -0.4 is 0 Å². The Morgan fingerprint density at radius 3 is 2.20 bits per heavy atom. The van der Waals surface area contributed by atoms with E-state index < -0.39 is 0 Å². The molecule has 0 N–H and O–H groups in total. The van der Waals surface area contributed by atoms with E-state index in [4.69, 9.17) is 0 Å². The molecule has 0 atom stereocenters. The van der Waals surface area contributed by atoms with Gasteiger partial charge < -0.3 is 0 Å². The average Bonchev–Trinajstić information content (AvgIpc) is 2.20. The zero-order valence-corrected chi connectivity index (χ0v) is 10.9. The number of hydrogen-bond donors (Lipinski definition) is 2. The van der Waals surface area contributed by atoms with Crippen molar-refractivity contribution >= 4 is 36.0 Å². The lowest BCUT2D eigenvalue weighted by molar-refractivity contribution is 1.25. The van der Waals surface area contributed by atoms with E-state index in [0.29, 0.717) is 0 Å². The van der Waals surface area contributed by atoms with Crippen molar-refractivity contribution in [1.29, 1.82) is 0 Å². The van der Waals surface area contributed by atoms with Gasteiger partial charge in [0.05, 0.1) is 0 Å². The molecule has 0 fully saturated rings. The van der Waals surface area contributed by atoms with Crippen molar-refractivity contribution in [2.24, 2.45) is 0 Å². The van der Waals surface area contributed by atoms with Crippen molar-refractivity contribution in [2.75, 3.05) is 0 Å². The van der Waals surface area contributed by atoms with Crippen LogP contribution in [0.15, 0.2) is 28.0 Å². The maximum Gasteiger partial charge on any atom is 0.0119 e. The summed E-state index contributed by atoms with van der Waals surface area (Å²) in [6.07, 6.45) is 0. The third-order valence-corrected chi connectivity index (χ3v) is 3.89. The molecule has 0 heterocycles. The molecule has 0 aliphatic carbocycles. The van der Waals surface area contributed by atoms with Crippen LogP contribution in [-0.2, 0) is 0 Å². The minimum absolute atomic E-state index is 1.02. The van der Waals surface area contributed by atoms with Gasteiger partial charge in [-0.1, -0.05) is 6.07 Å². The lowest BCUT2D eigenvalue weighted by Gasteiger charge is -2.12. The summed E-state index contributed by atoms with van der Waals surface area (Å²) in [5.74, 6) is 0.